The highest BCUT2D eigenvalue weighted by molar-refractivity contribution is 5.93. The monoisotopic (exact) mass is 206 g/mol. The molecule has 0 bridgehead atoms. The maximum Gasteiger partial charge on any atom is 0.317 e. The summed E-state index contributed by atoms with van der Waals surface area (Å²) >= 11 is 0. The lowest BCUT2D eigenvalue weighted by Gasteiger charge is -2.11. The average molecular weight is 206 g/mol. The summed E-state index contributed by atoms with van der Waals surface area (Å²) in [4.78, 5) is 31.1. The zero-order valence-electron chi connectivity index (χ0n) is 7.08. The van der Waals surface area contributed by atoms with Crippen LogP contribution in [-0.4, -0.2) is 44.9 Å². The second-order valence-corrected chi connectivity index (χ2v) is 2.68. The summed E-state index contributed by atoms with van der Waals surface area (Å²) in [6.45, 7) is -0.785. The molecule has 1 unspecified atom stereocenters. The van der Waals surface area contributed by atoms with E-state index in [1.165, 1.54) is 0 Å². The van der Waals surface area contributed by atoms with Crippen molar-refractivity contribution in [3.63, 3.8) is 0 Å². The Bertz CT molecular complexity index is 232. The third kappa shape index (κ3) is 3.40. The Hall–Kier alpha value is -1.63. The van der Waals surface area contributed by atoms with Crippen molar-refractivity contribution in [2.45, 2.75) is 6.42 Å². The SMILES string of the molecule is O=C(O)C(CO)CC(C(=O)O)C(=O)O. The number of carboxylic acids is 3. The topological polar surface area (TPSA) is 132 Å². The largest absolute Gasteiger partial charge is 0.481 e. The summed E-state index contributed by atoms with van der Waals surface area (Å²) in [6, 6.07) is 0. The van der Waals surface area contributed by atoms with E-state index in [9.17, 15) is 14.4 Å². The van der Waals surface area contributed by atoms with Crippen LogP contribution in [0.3, 0.4) is 0 Å². The lowest BCUT2D eigenvalue weighted by atomic mass is 9.95. The second-order valence-electron chi connectivity index (χ2n) is 2.68. The molecule has 0 heterocycles. The van der Waals surface area contributed by atoms with E-state index in [0.29, 0.717) is 0 Å². The molecule has 0 aromatic rings. The predicted octanol–water partition coefficient (Wildman–Crippen LogP) is -1.15. The number of carboxylic acid groups (broad SMARTS) is 3. The Morgan fingerprint density at radius 1 is 0.929 bits per heavy atom. The van der Waals surface area contributed by atoms with E-state index in [-0.39, 0.29) is 0 Å². The molecule has 0 saturated heterocycles. The summed E-state index contributed by atoms with van der Waals surface area (Å²) in [6.07, 6.45) is -0.628. The third-order valence-electron chi connectivity index (χ3n) is 1.69. The number of carbonyl (C=O) groups is 3. The lowest BCUT2D eigenvalue weighted by Crippen LogP contribution is -2.30. The molecule has 0 amide bonds. The van der Waals surface area contributed by atoms with Crippen molar-refractivity contribution in [1.29, 1.82) is 0 Å². The zero-order chi connectivity index (χ0) is 11.3. The van der Waals surface area contributed by atoms with Crippen LogP contribution in [0.25, 0.3) is 0 Å². The molecule has 0 radical (unpaired) electrons. The molecule has 0 fully saturated rings. The highest BCUT2D eigenvalue weighted by Crippen LogP contribution is 2.13. The molecule has 14 heavy (non-hydrogen) atoms. The van der Waals surface area contributed by atoms with Crippen LogP contribution < -0.4 is 0 Å². The van der Waals surface area contributed by atoms with Gasteiger partial charge in [0.2, 0.25) is 0 Å². The van der Waals surface area contributed by atoms with E-state index < -0.39 is 42.8 Å². The van der Waals surface area contributed by atoms with Crippen LogP contribution >= 0.6 is 0 Å². The Morgan fingerprint density at radius 2 is 1.36 bits per heavy atom. The maximum atomic E-state index is 10.4. The number of aliphatic hydroxyl groups is 1. The number of rotatable bonds is 6. The number of aliphatic carboxylic acids is 3. The fourth-order valence-corrected chi connectivity index (χ4v) is 0.845. The van der Waals surface area contributed by atoms with Crippen LogP contribution in [0, 0.1) is 11.8 Å². The second kappa shape index (κ2) is 5.18. The summed E-state index contributed by atoms with van der Waals surface area (Å²) in [7, 11) is 0. The molecule has 0 aliphatic carbocycles. The van der Waals surface area contributed by atoms with Crippen LogP contribution in [0.1, 0.15) is 6.42 Å². The first kappa shape index (κ1) is 12.4. The van der Waals surface area contributed by atoms with Crippen LogP contribution in [0.4, 0.5) is 0 Å². The van der Waals surface area contributed by atoms with Crippen LogP contribution in [0.15, 0.2) is 0 Å². The highest BCUT2D eigenvalue weighted by atomic mass is 16.4. The van der Waals surface area contributed by atoms with E-state index in [2.05, 4.69) is 0 Å². The van der Waals surface area contributed by atoms with Crippen molar-refractivity contribution in [1.82, 2.24) is 0 Å². The maximum absolute atomic E-state index is 10.4. The molecule has 7 heteroatoms. The summed E-state index contributed by atoms with van der Waals surface area (Å²) in [5, 5.41) is 33.8. The summed E-state index contributed by atoms with van der Waals surface area (Å²) in [5.41, 5.74) is 0. The van der Waals surface area contributed by atoms with Gasteiger partial charge in [-0.1, -0.05) is 0 Å². The Morgan fingerprint density at radius 3 is 1.57 bits per heavy atom. The molecule has 0 aliphatic heterocycles. The minimum atomic E-state index is -1.80. The molecule has 80 valence electrons. The summed E-state index contributed by atoms with van der Waals surface area (Å²) < 4.78 is 0. The molecule has 4 N–H and O–H groups in total. The normalized spacial score (nSPS) is 12.4. The van der Waals surface area contributed by atoms with E-state index in [4.69, 9.17) is 20.4 Å². The van der Waals surface area contributed by atoms with Gasteiger partial charge in [0.15, 0.2) is 5.92 Å². The van der Waals surface area contributed by atoms with Crippen LogP contribution in [-0.2, 0) is 14.4 Å². The van der Waals surface area contributed by atoms with Gasteiger partial charge in [0, 0.05) is 0 Å². The van der Waals surface area contributed by atoms with Crippen LogP contribution in [0.5, 0.6) is 0 Å². The predicted molar refractivity (Wildman–Crippen MR) is 41.6 cm³/mol. The zero-order valence-corrected chi connectivity index (χ0v) is 7.08. The van der Waals surface area contributed by atoms with E-state index >= 15 is 0 Å². The summed E-state index contributed by atoms with van der Waals surface area (Å²) in [5.74, 6) is -7.81. The van der Waals surface area contributed by atoms with E-state index in [1.54, 1.807) is 0 Å². The smallest absolute Gasteiger partial charge is 0.317 e. The fraction of sp³-hybridized carbons (Fsp3) is 0.571. The quantitative estimate of drug-likeness (QED) is 0.403. The van der Waals surface area contributed by atoms with Gasteiger partial charge in [0.25, 0.3) is 0 Å². The van der Waals surface area contributed by atoms with Gasteiger partial charge in [-0.25, -0.2) is 0 Å². The van der Waals surface area contributed by atoms with Crippen molar-refractivity contribution in [3.8, 4) is 0 Å². The molecule has 1 atom stereocenters. The van der Waals surface area contributed by atoms with Gasteiger partial charge >= 0.3 is 17.9 Å². The molecule has 0 aromatic heterocycles. The molecule has 0 saturated carbocycles. The highest BCUT2D eigenvalue weighted by Gasteiger charge is 2.31. The van der Waals surface area contributed by atoms with Crippen molar-refractivity contribution in [3.05, 3.63) is 0 Å². The Kier molecular flexibility index (Phi) is 4.57. The number of aliphatic hydroxyl groups excluding tert-OH is 1. The lowest BCUT2D eigenvalue weighted by molar-refractivity contribution is -0.156. The van der Waals surface area contributed by atoms with Gasteiger partial charge in [-0.05, 0) is 6.42 Å². The first-order valence-electron chi connectivity index (χ1n) is 3.69. The third-order valence-corrected chi connectivity index (χ3v) is 1.69. The first-order chi connectivity index (χ1) is 6.40. The fourth-order valence-electron chi connectivity index (χ4n) is 0.845. The van der Waals surface area contributed by atoms with Gasteiger partial charge in [0.1, 0.15) is 0 Å². The molecule has 0 spiro atoms. The van der Waals surface area contributed by atoms with E-state index in [1.807, 2.05) is 0 Å². The van der Waals surface area contributed by atoms with Gasteiger partial charge in [-0.15, -0.1) is 0 Å². The van der Waals surface area contributed by atoms with Crippen molar-refractivity contribution >= 4 is 17.9 Å². The van der Waals surface area contributed by atoms with Crippen LogP contribution in [0.2, 0.25) is 0 Å². The molecule has 0 rings (SSSR count). The van der Waals surface area contributed by atoms with Gasteiger partial charge in [-0.2, -0.15) is 0 Å². The van der Waals surface area contributed by atoms with Gasteiger partial charge in [-0.3, -0.25) is 14.4 Å². The minimum Gasteiger partial charge on any atom is -0.481 e. The molecule has 0 aliphatic rings. The van der Waals surface area contributed by atoms with E-state index in [0.717, 1.165) is 0 Å². The van der Waals surface area contributed by atoms with Gasteiger partial charge < -0.3 is 20.4 Å². The molecular formula is C7H10O7. The number of hydrogen-bond donors (Lipinski definition) is 4. The standard InChI is InChI=1S/C7H10O7/c8-2-3(5(9)10)1-4(6(11)12)7(13)14/h3-4,8H,1-2H2,(H,9,10)(H,11,12)(H,13,14). The molecule has 7 nitrogen and oxygen atoms in total. The first-order valence-corrected chi connectivity index (χ1v) is 3.69. The van der Waals surface area contributed by atoms with Crippen molar-refractivity contribution < 1.29 is 34.8 Å². The Labute approximate surface area is 78.6 Å². The number of hydrogen-bond acceptors (Lipinski definition) is 4. The Balaban J connectivity index is 4.49. The van der Waals surface area contributed by atoms with Crippen molar-refractivity contribution in [2.75, 3.05) is 6.61 Å². The molecular weight excluding hydrogens is 196 g/mol. The average Bonchev–Trinajstić information content (AvgIpc) is 2.03. The van der Waals surface area contributed by atoms with Gasteiger partial charge in [0.05, 0.1) is 12.5 Å². The van der Waals surface area contributed by atoms with Crippen molar-refractivity contribution in [2.24, 2.45) is 11.8 Å². The molecule has 0 aromatic carbocycles. The minimum absolute atomic E-state index is 0.628.